The van der Waals surface area contributed by atoms with Crippen LogP contribution in [-0.4, -0.2) is 23.5 Å². The van der Waals surface area contributed by atoms with Gasteiger partial charge >= 0.3 is 0 Å². The molecule has 18 heavy (non-hydrogen) atoms. The topological polar surface area (TPSA) is 24.4 Å². The third-order valence-electron chi connectivity index (χ3n) is 5.24. The summed E-state index contributed by atoms with van der Waals surface area (Å²) in [6.45, 7) is 15.0. The number of amidine groups is 1. The van der Waals surface area contributed by atoms with E-state index >= 15 is 0 Å². The predicted molar refractivity (Wildman–Crippen MR) is 82.2 cm³/mol. The molecule has 2 nitrogen and oxygen atoms in total. The van der Waals surface area contributed by atoms with Crippen LogP contribution in [0.2, 0.25) is 0 Å². The number of hydrogen-bond acceptors (Lipinski definition) is 2. The molecule has 3 heteroatoms. The van der Waals surface area contributed by atoms with E-state index in [2.05, 4.69) is 46.9 Å². The van der Waals surface area contributed by atoms with Crippen molar-refractivity contribution in [3.05, 3.63) is 0 Å². The van der Waals surface area contributed by atoms with E-state index in [1.54, 1.807) is 0 Å². The molecular formula is C15H28N2S. The molecule has 1 N–H and O–H groups in total. The summed E-state index contributed by atoms with van der Waals surface area (Å²) in [5.74, 6) is 2.70. The first kappa shape index (κ1) is 14.2. The SMILES string of the molecule is CC(C)CC1CSC(=NCC2C(C)(C)C2(C)C)N1. The third-order valence-corrected chi connectivity index (χ3v) is 6.33. The average Bonchev–Trinajstić information content (AvgIpc) is 2.59. The summed E-state index contributed by atoms with van der Waals surface area (Å²) in [4.78, 5) is 4.80. The van der Waals surface area contributed by atoms with E-state index in [4.69, 9.17) is 4.99 Å². The summed E-state index contributed by atoms with van der Waals surface area (Å²) in [6, 6.07) is 0.633. The number of aliphatic imine (C=N–C) groups is 1. The zero-order chi connectivity index (χ0) is 13.6. The maximum atomic E-state index is 4.80. The van der Waals surface area contributed by atoms with Crippen molar-refractivity contribution in [2.75, 3.05) is 12.3 Å². The minimum absolute atomic E-state index is 0.456. The van der Waals surface area contributed by atoms with Gasteiger partial charge in [-0.3, -0.25) is 4.99 Å². The van der Waals surface area contributed by atoms with Gasteiger partial charge in [-0.1, -0.05) is 53.3 Å². The first-order valence-electron chi connectivity index (χ1n) is 7.19. The smallest absolute Gasteiger partial charge is 0.156 e. The van der Waals surface area contributed by atoms with E-state index in [-0.39, 0.29) is 0 Å². The molecule has 2 rings (SSSR count). The second-order valence-electron chi connectivity index (χ2n) is 7.42. The van der Waals surface area contributed by atoms with E-state index in [1.165, 1.54) is 17.3 Å². The minimum Gasteiger partial charge on any atom is -0.361 e. The quantitative estimate of drug-likeness (QED) is 0.839. The molecule has 1 aliphatic heterocycles. The number of hydrogen-bond donors (Lipinski definition) is 1. The molecule has 0 aromatic rings. The van der Waals surface area contributed by atoms with Gasteiger partial charge in [0.2, 0.25) is 0 Å². The van der Waals surface area contributed by atoms with Crippen molar-refractivity contribution >= 4 is 16.9 Å². The molecule has 0 amide bonds. The van der Waals surface area contributed by atoms with Crippen LogP contribution in [0, 0.1) is 22.7 Å². The molecule has 2 aliphatic rings. The van der Waals surface area contributed by atoms with Crippen LogP contribution in [-0.2, 0) is 0 Å². The summed E-state index contributed by atoms with van der Waals surface area (Å²) in [7, 11) is 0. The lowest BCUT2D eigenvalue weighted by molar-refractivity contribution is 0.457. The fourth-order valence-corrected chi connectivity index (χ4v) is 4.18. The van der Waals surface area contributed by atoms with Crippen LogP contribution in [0.5, 0.6) is 0 Å². The van der Waals surface area contributed by atoms with Gasteiger partial charge in [0.15, 0.2) is 5.17 Å². The van der Waals surface area contributed by atoms with E-state index in [0.717, 1.165) is 18.4 Å². The van der Waals surface area contributed by atoms with Crippen LogP contribution in [0.1, 0.15) is 48.0 Å². The summed E-state index contributed by atoms with van der Waals surface area (Å²) >= 11 is 1.90. The highest BCUT2D eigenvalue weighted by Gasteiger charge is 2.64. The summed E-state index contributed by atoms with van der Waals surface area (Å²) in [5, 5.41) is 4.75. The molecule has 0 spiro atoms. The molecule has 104 valence electrons. The Bertz CT molecular complexity index is 330. The molecule has 1 atom stereocenters. The summed E-state index contributed by atoms with van der Waals surface area (Å²) in [5.41, 5.74) is 0.912. The fourth-order valence-electron chi connectivity index (χ4n) is 3.19. The van der Waals surface area contributed by atoms with Crippen molar-refractivity contribution in [3.8, 4) is 0 Å². The van der Waals surface area contributed by atoms with Gasteiger partial charge < -0.3 is 5.32 Å². The Morgan fingerprint density at radius 1 is 1.28 bits per heavy atom. The van der Waals surface area contributed by atoms with E-state index in [1.807, 2.05) is 11.8 Å². The molecule has 1 heterocycles. The predicted octanol–water partition coefficient (Wildman–Crippen LogP) is 3.78. The molecule has 1 saturated carbocycles. The van der Waals surface area contributed by atoms with Crippen molar-refractivity contribution < 1.29 is 0 Å². The lowest BCUT2D eigenvalue weighted by atomic mass is 10.0. The molecule has 1 saturated heterocycles. The average molecular weight is 268 g/mol. The molecule has 1 unspecified atom stereocenters. The van der Waals surface area contributed by atoms with Gasteiger partial charge in [0, 0.05) is 18.3 Å². The Morgan fingerprint density at radius 3 is 2.39 bits per heavy atom. The van der Waals surface area contributed by atoms with Gasteiger partial charge in [-0.2, -0.15) is 0 Å². The van der Waals surface area contributed by atoms with Gasteiger partial charge in [0.05, 0.1) is 0 Å². The standard InChI is InChI=1S/C15H28N2S/c1-10(2)7-11-9-18-13(17-11)16-8-12-14(3,4)15(12,5)6/h10-12H,7-9H2,1-6H3,(H,16,17). The highest BCUT2D eigenvalue weighted by atomic mass is 32.2. The zero-order valence-corrected chi connectivity index (χ0v) is 13.5. The third kappa shape index (κ3) is 2.56. The molecule has 0 radical (unpaired) electrons. The van der Waals surface area contributed by atoms with Crippen molar-refractivity contribution in [2.45, 2.75) is 54.0 Å². The van der Waals surface area contributed by atoms with Crippen molar-refractivity contribution in [3.63, 3.8) is 0 Å². The van der Waals surface area contributed by atoms with Crippen LogP contribution in [0.15, 0.2) is 4.99 Å². The van der Waals surface area contributed by atoms with Gasteiger partial charge in [-0.05, 0) is 29.1 Å². The van der Waals surface area contributed by atoms with E-state index in [0.29, 0.717) is 16.9 Å². The second-order valence-corrected chi connectivity index (χ2v) is 8.43. The molecule has 0 aromatic heterocycles. The zero-order valence-electron chi connectivity index (χ0n) is 12.7. The Hall–Kier alpha value is -0.180. The van der Waals surface area contributed by atoms with Crippen molar-refractivity contribution in [1.82, 2.24) is 5.32 Å². The van der Waals surface area contributed by atoms with Crippen LogP contribution in [0.25, 0.3) is 0 Å². The number of nitrogens with zero attached hydrogens (tertiary/aromatic N) is 1. The fraction of sp³-hybridized carbons (Fsp3) is 0.933. The highest BCUT2D eigenvalue weighted by Crippen LogP contribution is 2.68. The van der Waals surface area contributed by atoms with Crippen molar-refractivity contribution in [1.29, 1.82) is 0 Å². The Morgan fingerprint density at radius 2 is 1.89 bits per heavy atom. The van der Waals surface area contributed by atoms with Crippen LogP contribution < -0.4 is 5.32 Å². The van der Waals surface area contributed by atoms with Crippen molar-refractivity contribution in [2.24, 2.45) is 27.7 Å². The van der Waals surface area contributed by atoms with Gasteiger partial charge in [-0.25, -0.2) is 0 Å². The number of nitrogens with one attached hydrogen (secondary N) is 1. The van der Waals surface area contributed by atoms with Gasteiger partial charge in [0.1, 0.15) is 0 Å². The van der Waals surface area contributed by atoms with Gasteiger partial charge in [0.25, 0.3) is 0 Å². The molecular weight excluding hydrogens is 240 g/mol. The lowest BCUT2D eigenvalue weighted by Crippen LogP contribution is -2.28. The number of thioether (sulfide) groups is 1. The Kier molecular flexibility index (Phi) is 3.74. The van der Waals surface area contributed by atoms with Crippen LogP contribution in [0.3, 0.4) is 0 Å². The molecule has 0 bridgehead atoms. The normalized spacial score (nSPS) is 31.9. The largest absolute Gasteiger partial charge is 0.361 e. The molecule has 1 aliphatic carbocycles. The van der Waals surface area contributed by atoms with Crippen LogP contribution >= 0.6 is 11.8 Å². The highest BCUT2D eigenvalue weighted by molar-refractivity contribution is 8.14. The Balaban J connectivity index is 1.83. The first-order chi connectivity index (χ1) is 8.25. The number of rotatable bonds is 4. The van der Waals surface area contributed by atoms with E-state index in [9.17, 15) is 0 Å². The molecule has 2 fully saturated rings. The summed E-state index contributed by atoms with van der Waals surface area (Å²) in [6.07, 6.45) is 1.26. The maximum absolute atomic E-state index is 4.80. The molecule has 0 aromatic carbocycles. The first-order valence-corrected chi connectivity index (χ1v) is 8.17. The monoisotopic (exact) mass is 268 g/mol. The summed E-state index contributed by atoms with van der Waals surface area (Å²) < 4.78 is 0. The lowest BCUT2D eigenvalue weighted by Gasteiger charge is -2.11. The van der Waals surface area contributed by atoms with Crippen LogP contribution in [0.4, 0.5) is 0 Å². The maximum Gasteiger partial charge on any atom is 0.156 e. The second kappa shape index (κ2) is 4.73. The van der Waals surface area contributed by atoms with E-state index < -0.39 is 0 Å². The minimum atomic E-state index is 0.456. The van der Waals surface area contributed by atoms with Gasteiger partial charge in [-0.15, -0.1) is 0 Å². The Labute approximate surface area is 116 Å².